The summed E-state index contributed by atoms with van der Waals surface area (Å²) in [4.78, 5) is 10.5. The zero-order valence-electron chi connectivity index (χ0n) is 6.46. The van der Waals surface area contributed by atoms with Crippen molar-refractivity contribution in [2.24, 2.45) is 0 Å². The number of rotatable bonds is 5. The van der Waals surface area contributed by atoms with Crippen molar-refractivity contribution in [2.45, 2.75) is 24.4 Å². The second-order valence-corrected chi connectivity index (χ2v) is 3.17. The Morgan fingerprint density at radius 1 is 1.15 bits per heavy atom. The average Bonchev–Trinajstić information content (AvgIpc) is 2.12. The Labute approximate surface area is 86.7 Å². The van der Waals surface area contributed by atoms with E-state index in [1.807, 2.05) is 0 Å². The summed E-state index contributed by atoms with van der Waals surface area (Å²) in [6.45, 7) is -0.777. The first-order valence-electron chi connectivity index (χ1n) is 3.40. The maximum absolute atomic E-state index is 10.5. The molecule has 13 heavy (non-hydrogen) atoms. The SMILES string of the molecule is O=[C]([Ag])[C@H](O)[C@@H](O)[C@H](O)[C@H](O)CO. The van der Waals surface area contributed by atoms with E-state index in [2.05, 4.69) is 21.1 Å². The number of aliphatic hydroxyl groups excluding tert-OH is 5. The van der Waals surface area contributed by atoms with Gasteiger partial charge in [-0.1, -0.05) is 0 Å². The van der Waals surface area contributed by atoms with Crippen LogP contribution in [0.1, 0.15) is 0 Å². The first-order chi connectivity index (χ1) is 5.91. The Balaban J connectivity index is 4.24. The molecule has 0 aromatic rings. The first kappa shape index (κ1) is 13.2. The number of hydrogen-bond donors (Lipinski definition) is 5. The summed E-state index contributed by atoms with van der Waals surface area (Å²) in [5.74, 6) is 0. The molecule has 5 N–H and O–H groups in total. The molecule has 0 saturated heterocycles. The van der Waals surface area contributed by atoms with Gasteiger partial charge in [-0.15, -0.1) is 0 Å². The molecular formula is C6H11AgO6. The number of aliphatic hydroxyl groups is 5. The van der Waals surface area contributed by atoms with E-state index in [1.165, 1.54) is 0 Å². The molecule has 0 fully saturated rings. The monoisotopic (exact) mass is 286 g/mol. The molecule has 0 aliphatic rings. The van der Waals surface area contributed by atoms with Crippen molar-refractivity contribution in [2.75, 3.05) is 6.61 Å². The van der Waals surface area contributed by atoms with Gasteiger partial charge in [0.05, 0.1) is 0 Å². The third-order valence-corrected chi connectivity index (χ3v) is 1.90. The Morgan fingerprint density at radius 2 is 1.62 bits per heavy atom. The molecule has 0 radical (unpaired) electrons. The van der Waals surface area contributed by atoms with Crippen LogP contribution in [0.4, 0.5) is 0 Å². The van der Waals surface area contributed by atoms with Crippen molar-refractivity contribution in [1.82, 2.24) is 0 Å². The Morgan fingerprint density at radius 3 is 1.92 bits per heavy atom. The first-order valence-corrected chi connectivity index (χ1v) is 4.14. The molecule has 0 aromatic heterocycles. The molecule has 0 unspecified atom stereocenters. The van der Waals surface area contributed by atoms with Gasteiger partial charge in [0, 0.05) is 0 Å². The van der Waals surface area contributed by atoms with Crippen LogP contribution in [0.3, 0.4) is 0 Å². The second-order valence-electron chi connectivity index (χ2n) is 2.44. The third-order valence-electron chi connectivity index (χ3n) is 1.46. The van der Waals surface area contributed by atoms with Gasteiger partial charge in [-0.25, -0.2) is 0 Å². The standard InChI is InChI=1S/C6H11O6.Ag/c7-1-3(9)5(11)6(12)4(10)2-8;/h3-7,9-12H,1H2;/t3-,4+,5-,6-;/m1./s1. The van der Waals surface area contributed by atoms with E-state index in [0.29, 0.717) is 0 Å². The Hall–Kier alpha value is 0.210. The zero-order chi connectivity index (χ0) is 10.6. The summed E-state index contributed by atoms with van der Waals surface area (Å²) in [7, 11) is 0. The molecule has 82 valence electrons. The zero-order valence-corrected chi connectivity index (χ0v) is 7.94. The van der Waals surface area contributed by atoms with Crippen molar-refractivity contribution >= 4 is 4.00 Å². The van der Waals surface area contributed by atoms with Gasteiger partial charge >= 0.3 is 86.4 Å². The normalized spacial score (nSPS) is 20.5. The van der Waals surface area contributed by atoms with Crippen LogP contribution in [0, 0.1) is 0 Å². The minimum atomic E-state index is -1.84. The molecule has 6 nitrogen and oxygen atoms in total. The van der Waals surface area contributed by atoms with Gasteiger partial charge in [-0.2, -0.15) is 0 Å². The van der Waals surface area contributed by atoms with Crippen LogP contribution in [0.25, 0.3) is 0 Å². The van der Waals surface area contributed by atoms with Gasteiger partial charge in [-0.3, -0.25) is 0 Å². The fraction of sp³-hybridized carbons (Fsp3) is 0.833. The average molecular weight is 287 g/mol. The molecule has 7 heteroatoms. The molecule has 0 aliphatic heterocycles. The van der Waals surface area contributed by atoms with Crippen LogP contribution in [0.5, 0.6) is 0 Å². The van der Waals surface area contributed by atoms with Gasteiger partial charge in [0.15, 0.2) is 0 Å². The van der Waals surface area contributed by atoms with Gasteiger partial charge in [0.2, 0.25) is 0 Å². The summed E-state index contributed by atoms with van der Waals surface area (Å²) < 4.78 is -0.915. The Bertz CT molecular complexity index is 175. The molecule has 0 aliphatic carbocycles. The van der Waals surface area contributed by atoms with Crippen molar-refractivity contribution in [3.05, 3.63) is 0 Å². The van der Waals surface area contributed by atoms with Crippen molar-refractivity contribution in [3.8, 4) is 0 Å². The fourth-order valence-corrected chi connectivity index (χ4v) is 0.897. The predicted molar refractivity (Wildman–Crippen MR) is 36.1 cm³/mol. The Kier molecular flexibility index (Phi) is 5.93. The molecule has 0 spiro atoms. The maximum atomic E-state index is 10.5. The van der Waals surface area contributed by atoms with Crippen LogP contribution in [0.2, 0.25) is 0 Å². The molecule has 0 saturated carbocycles. The number of carbonyl (C=O) groups is 1. The van der Waals surface area contributed by atoms with Gasteiger partial charge < -0.3 is 0 Å². The minimum absolute atomic E-state index is 0.777. The fourth-order valence-electron chi connectivity index (χ4n) is 0.644. The molecule has 0 rings (SSSR count). The van der Waals surface area contributed by atoms with E-state index in [1.54, 1.807) is 0 Å². The van der Waals surface area contributed by atoms with E-state index in [9.17, 15) is 4.79 Å². The van der Waals surface area contributed by atoms with E-state index in [4.69, 9.17) is 25.5 Å². The molecule has 4 atom stereocenters. The summed E-state index contributed by atoms with van der Waals surface area (Å²) in [5.41, 5.74) is 0. The van der Waals surface area contributed by atoms with Crippen LogP contribution in [-0.2, 0) is 25.9 Å². The van der Waals surface area contributed by atoms with E-state index >= 15 is 0 Å². The van der Waals surface area contributed by atoms with Crippen molar-refractivity contribution in [1.29, 1.82) is 0 Å². The van der Waals surface area contributed by atoms with E-state index < -0.39 is 35.0 Å². The number of carbonyl (C=O) groups excluding carboxylic acids is 1. The third kappa shape index (κ3) is 3.84. The van der Waals surface area contributed by atoms with Gasteiger partial charge in [-0.05, 0) is 0 Å². The number of hydrogen-bond acceptors (Lipinski definition) is 6. The summed E-state index contributed by atoms with van der Waals surface area (Å²) in [5, 5.41) is 44.2. The van der Waals surface area contributed by atoms with Crippen LogP contribution < -0.4 is 0 Å². The van der Waals surface area contributed by atoms with Gasteiger partial charge in [0.25, 0.3) is 0 Å². The molecular weight excluding hydrogens is 276 g/mol. The van der Waals surface area contributed by atoms with E-state index in [-0.39, 0.29) is 0 Å². The van der Waals surface area contributed by atoms with Crippen LogP contribution in [0.15, 0.2) is 0 Å². The topological polar surface area (TPSA) is 118 Å². The molecule has 0 heterocycles. The predicted octanol–water partition coefficient (Wildman–Crippen LogP) is -3.50. The van der Waals surface area contributed by atoms with E-state index in [0.717, 1.165) is 0 Å². The van der Waals surface area contributed by atoms with Crippen molar-refractivity contribution in [3.63, 3.8) is 0 Å². The molecule has 0 amide bonds. The van der Waals surface area contributed by atoms with Gasteiger partial charge in [0.1, 0.15) is 0 Å². The van der Waals surface area contributed by atoms with Crippen LogP contribution in [-0.4, -0.2) is 60.6 Å². The summed E-state index contributed by atoms with van der Waals surface area (Å²) in [6, 6.07) is 0. The molecule has 0 bridgehead atoms. The quantitative estimate of drug-likeness (QED) is 0.335. The molecule has 0 aromatic carbocycles. The summed E-state index contributed by atoms with van der Waals surface area (Å²) in [6.07, 6.45) is -7.05. The second kappa shape index (κ2) is 5.84. The summed E-state index contributed by atoms with van der Waals surface area (Å²) >= 11 is 2.39. The van der Waals surface area contributed by atoms with Crippen molar-refractivity contribution < 1.29 is 51.4 Å². The van der Waals surface area contributed by atoms with Crippen LogP contribution >= 0.6 is 0 Å².